The van der Waals surface area contributed by atoms with Crippen LogP contribution in [0.1, 0.15) is 30.5 Å². The van der Waals surface area contributed by atoms with Crippen LogP contribution in [0.4, 0.5) is 0 Å². The molecule has 1 unspecified atom stereocenters. The van der Waals surface area contributed by atoms with Crippen LogP contribution in [-0.2, 0) is 4.79 Å². The summed E-state index contributed by atoms with van der Waals surface area (Å²) in [6.07, 6.45) is 0.302. The Bertz CT molecular complexity index is 377. The summed E-state index contributed by atoms with van der Waals surface area (Å²) in [5.74, 6) is -0.0576. The summed E-state index contributed by atoms with van der Waals surface area (Å²) in [6.45, 7) is 4.43. The largest absolute Gasteiger partial charge is 0.508 e. The molecule has 1 atom stereocenters. The summed E-state index contributed by atoms with van der Waals surface area (Å²) in [5, 5.41) is 12.8. The first-order valence-electron chi connectivity index (χ1n) is 5.32. The van der Waals surface area contributed by atoms with Gasteiger partial charge in [-0.05, 0) is 19.9 Å². The molecule has 0 aliphatic carbocycles. The second-order valence-electron chi connectivity index (χ2n) is 3.95. The van der Waals surface area contributed by atoms with Gasteiger partial charge in [-0.1, -0.05) is 17.7 Å². The molecule has 0 bridgehead atoms. The maximum absolute atomic E-state index is 10.6. The Labute approximate surface area is 95.5 Å². The Morgan fingerprint density at radius 2 is 2.25 bits per heavy atom. The van der Waals surface area contributed by atoms with Crippen LogP contribution in [0, 0.1) is 6.92 Å². The molecule has 0 saturated heterocycles. The van der Waals surface area contributed by atoms with Crippen molar-refractivity contribution in [3.8, 4) is 5.75 Å². The van der Waals surface area contributed by atoms with Crippen LogP contribution in [-0.4, -0.2) is 17.6 Å². The zero-order valence-electron chi connectivity index (χ0n) is 9.66. The van der Waals surface area contributed by atoms with Gasteiger partial charge in [-0.3, -0.25) is 4.79 Å². The SMILES string of the molecule is Cc1ccc(O)c(C(C)NCCC(N)=O)c1. The van der Waals surface area contributed by atoms with Gasteiger partial charge < -0.3 is 16.2 Å². The molecule has 4 heteroatoms. The van der Waals surface area contributed by atoms with Gasteiger partial charge in [-0.25, -0.2) is 0 Å². The first kappa shape index (κ1) is 12.5. The number of nitrogens with two attached hydrogens (primary N) is 1. The minimum Gasteiger partial charge on any atom is -0.508 e. The fourth-order valence-corrected chi connectivity index (χ4v) is 1.54. The third-order valence-electron chi connectivity index (χ3n) is 2.47. The lowest BCUT2D eigenvalue weighted by Gasteiger charge is -2.15. The quantitative estimate of drug-likeness (QED) is 0.701. The molecule has 16 heavy (non-hydrogen) atoms. The lowest BCUT2D eigenvalue weighted by Crippen LogP contribution is -2.24. The number of benzene rings is 1. The molecule has 1 rings (SSSR count). The summed E-state index contributed by atoms with van der Waals surface area (Å²) < 4.78 is 0. The molecular formula is C12H18N2O2. The molecule has 1 amide bonds. The van der Waals surface area contributed by atoms with Crippen molar-refractivity contribution < 1.29 is 9.90 Å². The fraction of sp³-hybridized carbons (Fsp3) is 0.417. The zero-order chi connectivity index (χ0) is 12.1. The topological polar surface area (TPSA) is 75.3 Å². The van der Waals surface area contributed by atoms with Crippen molar-refractivity contribution in [1.82, 2.24) is 5.32 Å². The van der Waals surface area contributed by atoms with E-state index < -0.39 is 0 Å². The average Bonchev–Trinajstić information content (AvgIpc) is 2.21. The number of primary amides is 1. The van der Waals surface area contributed by atoms with Crippen LogP contribution in [0.15, 0.2) is 18.2 Å². The number of hydrogen-bond donors (Lipinski definition) is 3. The van der Waals surface area contributed by atoms with Gasteiger partial charge in [0.1, 0.15) is 5.75 Å². The van der Waals surface area contributed by atoms with Gasteiger partial charge >= 0.3 is 0 Å². The Morgan fingerprint density at radius 1 is 1.56 bits per heavy atom. The van der Waals surface area contributed by atoms with Gasteiger partial charge in [-0.2, -0.15) is 0 Å². The lowest BCUT2D eigenvalue weighted by atomic mass is 10.0. The molecule has 0 spiro atoms. The van der Waals surface area contributed by atoms with Crippen LogP contribution in [0.2, 0.25) is 0 Å². The highest BCUT2D eigenvalue weighted by Crippen LogP contribution is 2.24. The summed E-state index contributed by atoms with van der Waals surface area (Å²) in [7, 11) is 0. The summed E-state index contributed by atoms with van der Waals surface area (Å²) >= 11 is 0. The van der Waals surface area contributed by atoms with E-state index in [0.29, 0.717) is 13.0 Å². The van der Waals surface area contributed by atoms with Crippen LogP contribution in [0.25, 0.3) is 0 Å². The van der Waals surface area contributed by atoms with Gasteiger partial charge in [0.05, 0.1) is 0 Å². The second-order valence-corrected chi connectivity index (χ2v) is 3.95. The molecule has 0 aliphatic rings. The third-order valence-corrected chi connectivity index (χ3v) is 2.47. The van der Waals surface area contributed by atoms with Crippen LogP contribution >= 0.6 is 0 Å². The maximum Gasteiger partial charge on any atom is 0.218 e. The highest BCUT2D eigenvalue weighted by molar-refractivity contribution is 5.73. The van der Waals surface area contributed by atoms with Gasteiger partial charge in [0.2, 0.25) is 5.91 Å². The molecule has 0 aromatic heterocycles. The predicted octanol–water partition coefficient (Wildman–Crippen LogP) is 1.23. The standard InChI is InChI=1S/C12H18N2O2/c1-8-3-4-11(15)10(7-8)9(2)14-6-5-12(13)16/h3-4,7,9,14-15H,5-6H2,1-2H3,(H2,13,16). The minimum atomic E-state index is -0.326. The van der Waals surface area contributed by atoms with E-state index in [-0.39, 0.29) is 17.7 Å². The number of nitrogens with one attached hydrogen (secondary N) is 1. The van der Waals surface area contributed by atoms with Gasteiger partial charge in [0.25, 0.3) is 0 Å². The van der Waals surface area contributed by atoms with Crippen molar-refractivity contribution in [1.29, 1.82) is 0 Å². The van der Waals surface area contributed by atoms with E-state index in [0.717, 1.165) is 11.1 Å². The predicted molar refractivity (Wildman–Crippen MR) is 63.1 cm³/mol. The number of rotatable bonds is 5. The van der Waals surface area contributed by atoms with E-state index in [9.17, 15) is 9.90 Å². The van der Waals surface area contributed by atoms with E-state index in [2.05, 4.69) is 5.32 Å². The number of carbonyl (C=O) groups excluding carboxylic acids is 1. The van der Waals surface area contributed by atoms with Crippen molar-refractivity contribution in [2.45, 2.75) is 26.3 Å². The fourth-order valence-electron chi connectivity index (χ4n) is 1.54. The molecule has 0 fully saturated rings. The van der Waals surface area contributed by atoms with Gasteiger partial charge in [0.15, 0.2) is 0 Å². The highest BCUT2D eigenvalue weighted by Gasteiger charge is 2.09. The van der Waals surface area contributed by atoms with Gasteiger partial charge in [-0.15, -0.1) is 0 Å². The van der Waals surface area contributed by atoms with Crippen molar-refractivity contribution >= 4 is 5.91 Å². The van der Waals surface area contributed by atoms with E-state index in [1.165, 1.54) is 0 Å². The Morgan fingerprint density at radius 3 is 2.88 bits per heavy atom. The number of phenols is 1. The first-order chi connectivity index (χ1) is 7.50. The van der Waals surface area contributed by atoms with Crippen molar-refractivity contribution in [2.24, 2.45) is 5.73 Å². The van der Waals surface area contributed by atoms with E-state index >= 15 is 0 Å². The zero-order valence-corrected chi connectivity index (χ0v) is 9.66. The number of hydrogen-bond acceptors (Lipinski definition) is 3. The smallest absolute Gasteiger partial charge is 0.218 e. The first-order valence-corrected chi connectivity index (χ1v) is 5.32. The second kappa shape index (κ2) is 5.51. The summed E-state index contributed by atoms with van der Waals surface area (Å²) in [5.41, 5.74) is 6.97. The maximum atomic E-state index is 10.6. The molecule has 0 heterocycles. The number of aryl methyl sites for hydroxylation is 1. The normalized spacial score (nSPS) is 12.4. The van der Waals surface area contributed by atoms with Crippen LogP contribution in [0.5, 0.6) is 5.75 Å². The number of phenolic OH excluding ortho intramolecular Hbond substituents is 1. The van der Waals surface area contributed by atoms with E-state index in [1.54, 1.807) is 6.07 Å². The Balaban J connectivity index is 2.61. The number of amides is 1. The molecular weight excluding hydrogens is 204 g/mol. The Hall–Kier alpha value is -1.55. The third kappa shape index (κ3) is 3.55. The van der Waals surface area contributed by atoms with Crippen molar-refractivity contribution in [2.75, 3.05) is 6.54 Å². The molecule has 0 radical (unpaired) electrons. The number of carbonyl (C=O) groups is 1. The van der Waals surface area contributed by atoms with Crippen molar-refractivity contribution in [3.05, 3.63) is 29.3 Å². The van der Waals surface area contributed by atoms with Gasteiger partial charge in [0, 0.05) is 24.6 Å². The van der Waals surface area contributed by atoms with Crippen LogP contribution in [0.3, 0.4) is 0 Å². The molecule has 1 aromatic rings. The molecule has 0 saturated carbocycles. The molecule has 88 valence electrons. The molecule has 1 aromatic carbocycles. The number of aromatic hydroxyl groups is 1. The summed E-state index contributed by atoms with van der Waals surface area (Å²) in [6, 6.07) is 5.46. The molecule has 4 nitrogen and oxygen atoms in total. The van der Waals surface area contributed by atoms with Crippen molar-refractivity contribution in [3.63, 3.8) is 0 Å². The highest BCUT2D eigenvalue weighted by atomic mass is 16.3. The van der Waals surface area contributed by atoms with E-state index in [4.69, 9.17) is 5.73 Å². The van der Waals surface area contributed by atoms with E-state index in [1.807, 2.05) is 26.0 Å². The molecule has 4 N–H and O–H groups in total. The lowest BCUT2D eigenvalue weighted by molar-refractivity contribution is -0.117. The van der Waals surface area contributed by atoms with Crippen LogP contribution < -0.4 is 11.1 Å². The monoisotopic (exact) mass is 222 g/mol. The molecule has 0 aliphatic heterocycles. The Kier molecular flexibility index (Phi) is 4.31. The minimum absolute atomic E-state index is 0.000694. The summed E-state index contributed by atoms with van der Waals surface area (Å²) in [4.78, 5) is 10.6. The average molecular weight is 222 g/mol.